The number of amides is 1. The highest BCUT2D eigenvalue weighted by Crippen LogP contribution is 2.40. The van der Waals surface area contributed by atoms with E-state index >= 15 is 0 Å². The molecule has 4 aromatic heterocycles. The van der Waals surface area contributed by atoms with Gasteiger partial charge in [-0.3, -0.25) is 4.79 Å². The Balaban J connectivity index is 1.23. The van der Waals surface area contributed by atoms with Crippen LogP contribution in [0.4, 0.5) is 0 Å². The first-order valence-corrected chi connectivity index (χ1v) is 15.1. The van der Waals surface area contributed by atoms with Crippen molar-refractivity contribution in [3.8, 4) is 34.4 Å². The quantitative estimate of drug-likeness (QED) is 0.300. The summed E-state index contributed by atoms with van der Waals surface area (Å²) in [6, 6.07) is 14.1. The Morgan fingerprint density at radius 3 is 2.56 bits per heavy atom. The fourth-order valence-corrected chi connectivity index (χ4v) is 7.14. The summed E-state index contributed by atoms with van der Waals surface area (Å²) in [5.41, 5.74) is 12.3. The Bertz CT molecular complexity index is 1890. The van der Waals surface area contributed by atoms with Crippen LogP contribution in [-0.4, -0.2) is 67.7 Å². The lowest BCUT2D eigenvalue weighted by Crippen LogP contribution is -2.41. The van der Waals surface area contributed by atoms with Crippen LogP contribution >= 0.6 is 0 Å². The van der Waals surface area contributed by atoms with E-state index in [2.05, 4.69) is 26.3 Å². The lowest BCUT2D eigenvalue weighted by atomic mass is 10.1. The van der Waals surface area contributed by atoms with E-state index in [1.165, 1.54) is 12.8 Å². The van der Waals surface area contributed by atoms with Gasteiger partial charge < -0.3 is 29.2 Å². The van der Waals surface area contributed by atoms with Crippen molar-refractivity contribution >= 4 is 28.0 Å². The van der Waals surface area contributed by atoms with Crippen LogP contribution in [0.3, 0.4) is 0 Å². The number of piperidine rings is 1. The molecule has 10 nitrogen and oxygen atoms in total. The third-order valence-electron chi connectivity index (χ3n) is 9.67. The highest BCUT2D eigenvalue weighted by atomic mass is 16.5. The average molecular weight is 578 g/mol. The van der Waals surface area contributed by atoms with Crippen molar-refractivity contribution in [2.45, 2.75) is 44.3 Å². The zero-order chi connectivity index (χ0) is 29.4. The molecule has 0 spiro atoms. The first-order valence-electron chi connectivity index (χ1n) is 15.1. The van der Waals surface area contributed by atoms with Crippen LogP contribution in [0.1, 0.15) is 36.0 Å². The second-order valence-electron chi connectivity index (χ2n) is 12.3. The number of fused-ring (bicyclic) bond motifs is 4. The Morgan fingerprint density at radius 2 is 1.88 bits per heavy atom. The Morgan fingerprint density at radius 1 is 1.02 bits per heavy atom. The number of rotatable bonds is 7. The third kappa shape index (κ3) is 4.18. The SMILES string of the molecule is COc1ccc(-c2ccc3cc(-c4nc5cc(C(=O)N6CC7CCC6[C@@H]7N)cc(OC)c5n4C)n(CC4CC4)c3n2)cn1. The number of imidazole rings is 1. The molecule has 5 aromatic rings. The molecule has 2 bridgehead atoms. The maximum atomic E-state index is 13.7. The molecule has 2 saturated carbocycles. The number of aryl methyl sites for hydroxylation is 1. The largest absolute Gasteiger partial charge is 0.494 e. The van der Waals surface area contributed by atoms with E-state index in [4.69, 9.17) is 25.2 Å². The number of benzene rings is 1. The summed E-state index contributed by atoms with van der Waals surface area (Å²) in [5, 5.41) is 1.05. The molecule has 5 heterocycles. The smallest absolute Gasteiger partial charge is 0.254 e. The number of ether oxygens (including phenoxy) is 2. The van der Waals surface area contributed by atoms with Gasteiger partial charge in [-0.2, -0.15) is 0 Å². The zero-order valence-electron chi connectivity index (χ0n) is 24.7. The number of hydrogen-bond acceptors (Lipinski definition) is 7. The van der Waals surface area contributed by atoms with Gasteiger partial charge in [-0.1, -0.05) is 0 Å². The van der Waals surface area contributed by atoms with Crippen LogP contribution in [0.2, 0.25) is 0 Å². The van der Waals surface area contributed by atoms with Crippen LogP contribution in [0.25, 0.3) is 44.8 Å². The van der Waals surface area contributed by atoms with Crippen LogP contribution < -0.4 is 15.2 Å². The summed E-state index contributed by atoms with van der Waals surface area (Å²) in [6.07, 6.45) is 6.29. The average Bonchev–Trinajstić information content (AvgIpc) is 3.44. The van der Waals surface area contributed by atoms with E-state index in [1.807, 2.05) is 42.3 Å². The number of methoxy groups -OCH3 is 2. The fraction of sp³-hybridized carbons (Fsp3) is 0.394. The molecule has 1 amide bonds. The standard InChI is InChI=1S/C33H35N7O3/c1-38-30-24(12-22(14-27(30)42-2)33(41)40-17-21-7-10-25(40)29(21)34)37-32(38)26-13-19-6-9-23(20-8-11-28(43-3)35-15-20)36-31(19)39(26)16-18-4-5-18/h6,8-9,11-15,18,21,25,29H,4-5,7,10,16-17,34H2,1-3H3/t21?,25?,29-/m1/s1. The molecule has 10 heteroatoms. The Labute approximate surface area is 249 Å². The van der Waals surface area contributed by atoms with Gasteiger partial charge >= 0.3 is 0 Å². The topological polar surface area (TPSA) is 113 Å². The molecule has 3 fully saturated rings. The molecule has 220 valence electrons. The van der Waals surface area contributed by atoms with Gasteiger partial charge in [0.05, 0.1) is 31.1 Å². The molecule has 1 saturated heterocycles. The zero-order valence-corrected chi connectivity index (χ0v) is 24.7. The van der Waals surface area contributed by atoms with Crippen molar-refractivity contribution in [1.82, 2.24) is 29.0 Å². The minimum atomic E-state index is 0.00245. The van der Waals surface area contributed by atoms with Gasteiger partial charge in [0.1, 0.15) is 16.9 Å². The van der Waals surface area contributed by atoms with Crippen LogP contribution in [0.15, 0.2) is 48.7 Å². The predicted molar refractivity (Wildman–Crippen MR) is 164 cm³/mol. The van der Waals surface area contributed by atoms with E-state index in [1.54, 1.807) is 20.4 Å². The maximum absolute atomic E-state index is 13.7. The molecule has 2 N–H and O–H groups in total. The molecule has 2 aliphatic carbocycles. The van der Waals surface area contributed by atoms with E-state index in [0.717, 1.165) is 70.8 Å². The molecule has 0 radical (unpaired) electrons. The molecule has 1 aliphatic heterocycles. The molecular formula is C33H35N7O3. The molecule has 3 aliphatic rings. The predicted octanol–water partition coefficient (Wildman–Crippen LogP) is 4.64. The van der Waals surface area contributed by atoms with E-state index < -0.39 is 0 Å². The lowest BCUT2D eigenvalue weighted by Gasteiger charge is -2.27. The number of carbonyl (C=O) groups is 1. The van der Waals surface area contributed by atoms with Crippen LogP contribution in [0, 0.1) is 11.8 Å². The molecule has 2 unspecified atom stereocenters. The van der Waals surface area contributed by atoms with E-state index in [-0.39, 0.29) is 18.0 Å². The van der Waals surface area contributed by atoms with Gasteiger partial charge in [-0.05, 0) is 73.9 Å². The number of carbonyl (C=O) groups excluding carboxylic acids is 1. The second kappa shape index (κ2) is 9.80. The molecular weight excluding hydrogens is 542 g/mol. The van der Waals surface area contributed by atoms with Crippen molar-refractivity contribution in [3.05, 3.63) is 54.2 Å². The summed E-state index contributed by atoms with van der Waals surface area (Å²) >= 11 is 0. The number of aromatic nitrogens is 5. The van der Waals surface area contributed by atoms with Crippen molar-refractivity contribution in [2.24, 2.45) is 24.6 Å². The van der Waals surface area contributed by atoms with E-state index in [9.17, 15) is 4.79 Å². The second-order valence-corrected chi connectivity index (χ2v) is 12.3. The summed E-state index contributed by atoms with van der Waals surface area (Å²) in [6.45, 7) is 1.60. The summed E-state index contributed by atoms with van der Waals surface area (Å²) in [5.74, 6) is 3.03. The molecule has 1 aromatic carbocycles. The van der Waals surface area contributed by atoms with Crippen molar-refractivity contribution in [1.29, 1.82) is 0 Å². The minimum Gasteiger partial charge on any atom is -0.494 e. The highest BCUT2D eigenvalue weighted by Gasteiger charge is 2.47. The number of nitrogens with zero attached hydrogens (tertiary/aromatic N) is 6. The third-order valence-corrected chi connectivity index (χ3v) is 9.67. The summed E-state index contributed by atoms with van der Waals surface area (Å²) < 4.78 is 15.5. The Hall–Kier alpha value is -4.44. The molecule has 43 heavy (non-hydrogen) atoms. The van der Waals surface area contributed by atoms with Gasteiger partial charge in [-0.25, -0.2) is 15.0 Å². The van der Waals surface area contributed by atoms with Gasteiger partial charge in [0.2, 0.25) is 5.88 Å². The Kier molecular flexibility index (Phi) is 5.98. The highest BCUT2D eigenvalue weighted by molar-refractivity contribution is 6.00. The normalized spacial score (nSPS) is 21.3. The summed E-state index contributed by atoms with van der Waals surface area (Å²) in [4.78, 5) is 30.3. The van der Waals surface area contributed by atoms with Gasteiger partial charge in [0.25, 0.3) is 5.91 Å². The number of nitrogens with two attached hydrogens (primary N) is 1. The maximum Gasteiger partial charge on any atom is 0.254 e. The van der Waals surface area contributed by atoms with Crippen molar-refractivity contribution in [2.75, 3.05) is 20.8 Å². The lowest BCUT2D eigenvalue weighted by molar-refractivity contribution is 0.0700. The van der Waals surface area contributed by atoms with Crippen LogP contribution in [-0.2, 0) is 13.6 Å². The van der Waals surface area contributed by atoms with Gasteiger partial charge in [0, 0.05) is 61.0 Å². The number of hydrogen-bond donors (Lipinski definition) is 1. The molecule has 3 atom stereocenters. The fourth-order valence-electron chi connectivity index (χ4n) is 7.14. The van der Waals surface area contributed by atoms with Crippen molar-refractivity contribution in [3.63, 3.8) is 0 Å². The number of likely N-dealkylation sites (tertiary alicyclic amines) is 1. The first kappa shape index (κ1) is 26.2. The molecule has 8 rings (SSSR count). The monoisotopic (exact) mass is 577 g/mol. The summed E-state index contributed by atoms with van der Waals surface area (Å²) in [7, 11) is 5.27. The number of pyridine rings is 2. The van der Waals surface area contributed by atoms with Crippen LogP contribution in [0.5, 0.6) is 11.6 Å². The minimum absolute atomic E-state index is 0.00245. The van der Waals surface area contributed by atoms with Gasteiger partial charge in [0.15, 0.2) is 5.82 Å². The van der Waals surface area contributed by atoms with Crippen molar-refractivity contribution < 1.29 is 14.3 Å². The van der Waals surface area contributed by atoms with Gasteiger partial charge in [-0.15, -0.1) is 0 Å². The first-order chi connectivity index (χ1) is 20.9. The van der Waals surface area contributed by atoms with E-state index in [0.29, 0.717) is 29.0 Å².